The van der Waals surface area contributed by atoms with Crippen molar-refractivity contribution in [1.82, 2.24) is 14.8 Å². The highest BCUT2D eigenvalue weighted by atomic mass is 32.1. The first-order valence-corrected chi connectivity index (χ1v) is 10.0. The molecule has 148 valence electrons. The van der Waals surface area contributed by atoms with E-state index in [2.05, 4.69) is 39.2 Å². The highest BCUT2D eigenvalue weighted by Gasteiger charge is 2.30. The Balaban J connectivity index is 1.53. The second-order valence-corrected chi connectivity index (χ2v) is 7.43. The van der Waals surface area contributed by atoms with E-state index >= 15 is 0 Å². The first-order valence-electron chi connectivity index (χ1n) is 9.61. The highest BCUT2D eigenvalue weighted by molar-refractivity contribution is 7.80. The van der Waals surface area contributed by atoms with Gasteiger partial charge in [-0.05, 0) is 54.0 Å². The molecule has 0 fully saturated rings. The lowest BCUT2D eigenvalue weighted by Crippen LogP contribution is -2.47. The van der Waals surface area contributed by atoms with E-state index in [1.54, 1.807) is 12.1 Å². The number of hydrogen-bond donors (Lipinski definition) is 1. The van der Waals surface area contributed by atoms with Gasteiger partial charge in [0.2, 0.25) is 0 Å². The average Bonchev–Trinajstić information content (AvgIpc) is 3.22. The number of non-ortho nitro benzene ring substituents is 1. The van der Waals surface area contributed by atoms with E-state index in [0.717, 1.165) is 37.3 Å². The van der Waals surface area contributed by atoms with Gasteiger partial charge in [0.25, 0.3) is 5.69 Å². The summed E-state index contributed by atoms with van der Waals surface area (Å²) in [4.78, 5) is 12.8. The summed E-state index contributed by atoms with van der Waals surface area (Å²) in [5.41, 5.74) is 3.48. The molecule has 29 heavy (non-hydrogen) atoms. The molecule has 1 aliphatic rings. The lowest BCUT2D eigenvalue weighted by molar-refractivity contribution is -0.384. The molecule has 0 saturated heterocycles. The van der Waals surface area contributed by atoms with Crippen LogP contribution in [0.3, 0.4) is 0 Å². The molecule has 3 aromatic rings. The maximum absolute atomic E-state index is 11.0. The van der Waals surface area contributed by atoms with Crippen LogP contribution in [-0.2, 0) is 13.0 Å². The molecule has 2 aromatic carbocycles. The average molecular weight is 407 g/mol. The van der Waals surface area contributed by atoms with Crippen LogP contribution in [0.2, 0.25) is 0 Å². The van der Waals surface area contributed by atoms with Gasteiger partial charge in [0.15, 0.2) is 5.11 Å². The van der Waals surface area contributed by atoms with Gasteiger partial charge < -0.3 is 14.8 Å². The van der Waals surface area contributed by atoms with Gasteiger partial charge in [-0.25, -0.2) is 0 Å². The van der Waals surface area contributed by atoms with Crippen LogP contribution in [-0.4, -0.2) is 32.6 Å². The molecular formula is C22H22N4O2S. The largest absolute Gasteiger partial charge is 0.362 e. The van der Waals surface area contributed by atoms with Crippen LogP contribution in [0, 0.1) is 10.1 Å². The maximum atomic E-state index is 11.0. The van der Waals surface area contributed by atoms with Gasteiger partial charge in [0, 0.05) is 43.7 Å². The first kappa shape index (κ1) is 19.1. The fourth-order valence-corrected chi connectivity index (χ4v) is 4.09. The topological polar surface area (TPSA) is 63.3 Å². The van der Waals surface area contributed by atoms with Gasteiger partial charge in [-0.15, -0.1) is 0 Å². The molecule has 0 radical (unpaired) electrons. The van der Waals surface area contributed by atoms with Crippen molar-refractivity contribution < 1.29 is 4.92 Å². The molecule has 2 heterocycles. The molecule has 1 unspecified atom stereocenters. The van der Waals surface area contributed by atoms with Crippen LogP contribution in [0.15, 0.2) is 72.9 Å². The van der Waals surface area contributed by atoms with Crippen LogP contribution in [0.5, 0.6) is 0 Å². The zero-order valence-corrected chi connectivity index (χ0v) is 16.7. The molecular weight excluding hydrogens is 384 g/mol. The molecule has 1 aliphatic heterocycles. The Bertz CT molecular complexity index is 1000. The number of aromatic nitrogens is 1. The standard InChI is InChI=1S/C22H22N4O2S/c27-26(28)19-10-8-18(9-11-19)21-20-7-4-14-24(20)15-16-25(21)22(29)23-13-12-17-5-2-1-3-6-17/h1-11,14,21H,12-13,15-16H2,(H,23,29). The van der Waals surface area contributed by atoms with Crippen LogP contribution in [0.25, 0.3) is 0 Å². The predicted octanol–water partition coefficient (Wildman–Crippen LogP) is 3.92. The van der Waals surface area contributed by atoms with Crippen molar-refractivity contribution in [2.45, 2.75) is 19.0 Å². The van der Waals surface area contributed by atoms with Gasteiger partial charge in [-0.1, -0.05) is 30.3 Å². The van der Waals surface area contributed by atoms with Crippen molar-refractivity contribution in [3.8, 4) is 0 Å². The van der Waals surface area contributed by atoms with E-state index in [0.29, 0.717) is 5.11 Å². The van der Waals surface area contributed by atoms with Crippen LogP contribution < -0.4 is 5.32 Å². The third-order valence-electron chi connectivity index (χ3n) is 5.25. The summed E-state index contributed by atoms with van der Waals surface area (Å²) in [6.45, 7) is 2.39. The lowest BCUT2D eigenvalue weighted by atomic mass is 10.00. The number of hydrogen-bond acceptors (Lipinski definition) is 3. The monoisotopic (exact) mass is 406 g/mol. The minimum Gasteiger partial charge on any atom is -0.362 e. The summed E-state index contributed by atoms with van der Waals surface area (Å²) >= 11 is 5.73. The van der Waals surface area contributed by atoms with Gasteiger partial charge >= 0.3 is 0 Å². The summed E-state index contributed by atoms with van der Waals surface area (Å²) in [6.07, 6.45) is 2.96. The summed E-state index contributed by atoms with van der Waals surface area (Å²) in [7, 11) is 0. The smallest absolute Gasteiger partial charge is 0.269 e. The molecule has 4 rings (SSSR count). The van der Waals surface area contributed by atoms with Crippen molar-refractivity contribution in [2.75, 3.05) is 13.1 Å². The Morgan fingerprint density at radius 3 is 2.55 bits per heavy atom. The fraction of sp³-hybridized carbons (Fsp3) is 0.227. The van der Waals surface area contributed by atoms with Gasteiger partial charge in [0.1, 0.15) is 0 Å². The molecule has 0 spiro atoms. The van der Waals surface area contributed by atoms with Crippen molar-refractivity contribution in [3.63, 3.8) is 0 Å². The van der Waals surface area contributed by atoms with Crippen molar-refractivity contribution in [1.29, 1.82) is 0 Å². The minimum absolute atomic E-state index is 0.0729. The molecule has 1 aromatic heterocycles. The van der Waals surface area contributed by atoms with Crippen molar-refractivity contribution in [2.24, 2.45) is 0 Å². The van der Waals surface area contributed by atoms with Crippen molar-refractivity contribution in [3.05, 3.63) is 99.9 Å². The number of nitrogens with zero attached hydrogens (tertiary/aromatic N) is 3. The maximum Gasteiger partial charge on any atom is 0.269 e. The minimum atomic E-state index is -0.374. The number of rotatable bonds is 5. The second kappa shape index (κ2) is 8.45. The molecule has 1 N–H and O–H groups in total. The van der Waals surface area contributed by atoms with E-state index in [9.17, 15) is 10.1 Å². The first-order chi connectivity index (χ1) is 14.1. The summed E-state index contributed by atoms with van der Waals surface area (Å²) in [5.74, 6) is 0. The van der Waals surface area contributed by atoms with E-state index in [-0.39, 0.29) is 16.7 Å². The van der Waals surface area contributed by atoms with E-state index in [1.807, 2.05) is 36.4 Å². The number of fused-ring (bicyclic) bond motifs is 1. The Kier molecular flexibility index (Phi) is 5.57. The Morgan fingerprint density at radius 2 is 1.83 bits per heavy atom. The summed E-state index contributed by atoms with van der Waals surface area (Å²) in [5, 5.41) is 15.1. The van der Waals surface area contributed by atoms with Gasteiger partial charge in [0.05, 0.1) is 11.0 Å². The van der Waals surface area contributed by atoms with E-state index < -0.39 is 0 Å². The molecule has 6 nitrogen and oxygen atoms in total. The Hall–Kier alpha value is -3.19. The Morgan fingerprint density at radius 1 is 1.07 bits per heavy atom. The van der Waals surface area contributed by atoms with Gasteiger partial charge in [-0.3, -0.25) is 10.1 Å². The molecule has 0 saturated carbocycles. The third-order valence-corrected chi connectivity index (χ3v) is 5.63. The number of nitrogens with one attached hydrogen (secondary N) is 1. The van der Waals surface area contributed by atoms with Gasteiger partial charge in [-0.2, -0.15) is 0 Å². The molecule has 0 amide bonds. The third kappa shape index (κ3) is 4.14. The van der Waals surface area contributed by atoms with Crippen LogP contribution in [0.1, 0.15) is 22.9 Å². The quantitative estimate of drug-likeness (QED) is 0.395. The summed E-state index contributed by atoms with van der Waals surface area (Å²) < 4.78 is 2.22. The number of thiocarbonyl (C=S) groups is 1. The van der Waals surface area contributed by atoms with Crippen LogP contribution >= 0.6 is 12.2 Å². The van der Waals surface area contributed by atoms with Crippen LogP contribution in [0.4, 0.5) is 5.69 Å². The molecule has 7 heteroatoms. The lowest BCUT2D eigenvalue weighted by Gasteiger charge is -2.39. The zero-order valence-electron chi connectivity index (χ0n) is 15.9. The fourth-order valence-electron chi connectivity index (χ4n) is 3.79. The molecule has 0 bridgehead atoms. The van der Waals surface area contributed by atoms with E-state index in [4.69, 9.17) is 12.2 Å². The summed E-state index contributed by atoms with van der Waals surface area (Å²) in [6, 6.07) is 21.1. The molecule has 0 aliphatic carbocycles. The van der Waals surface area contributed by atoms with Crippen molar-refractivity contribution >= 4 is 23.0 Å². The SMILES string of the molecule is O=[N+]([O-])c1ccc(C2c3cccn3CCN2C(=S)NCCc2ccccc2)cc1. The highest BCUT2D eigenvalue weighted by Crippen LogP contribution is 2.33. The molecule has 1 atom stereocenters. The normalized spacial score (nSPS) is 15.6. The zero-order chi connectivity index (χ0) is 20.2. The number of nitro benzene ring substituents is 1. The van der Waals surface area contributed by atoms with E-state index in [1.165, 1.54) is 5.56 Å². The Labute approximate surface area is 174 Å². The second-order valence-electron chi connectivity index (χ2n) is 7.04. The number of nitro groups is 1. The predicted molar refractivity (Wildman–Crippen MR) is 117 cm³/mol. The number of benzene rings is 2.